The van der Waals surface area contributed by atoms with Gasteiger partial charge in [-0.15, -0.1) is 0 Å². The van der Waals surface area contributed by atoms with Gasteiger partial charge in [-0.3, -0.25) is 0 Å². The van der Waals surface area contributed by atoms with Gasteiger partial charge in [0.15, 0.2) is 0 Å². The predicted octanol–water partition coefficient (Wildman–Crippen LogP) is 5.69. The molecule has 0 radical (unpaired) electrons. The minimum atomic E-state index is 0.175. The molecule has 1 aromatic heterocycles. The van der Waals surface area contributed by atoms with Crippen molar-refractivity contribution >= 4 is 16.7 Å². The number of aromatic nitrogens is 2. The van der Waals surface area contributed by atoms with Crippen LogP contribution in [0.5, 0.6) is 17.2 Å². The molecule has 0 spiro atoms. The number of hydrogen-bond acceptors (Lipinski definition) is 6. The first-order valence-electron chi connectivity index (χ1n) is 10.5. The van der Waals surface area contributed by atoms with Crippen molar-refractivity contribution in [3.8, 4) is 39.8 Å². The molecule has 4 N–H and O–H groups in total. The van der Waals surface area contributed by atoms with Gasteiger partial charge in [0.2, 0.25) is 0 Å². The van der Waals surface area contributed by atoms with Crippen molar-refractivity contribution in [1.29, 1.82) is 0 Å². The molecule has 0 amide bonds. The number of benzene rings is 4. The summed E-state index contributed by atoms with van der Waals surface area (Å²) in [4.78, 5) is 9.78. The highest BCUT2D eigenvalue weighted by molar-refractivity contribution is 5.88. The van der Waals surface area contributed by atoms with Crippen molar-refractivity contribution in [3.63, 3.8) is 0 Å². The van der Waals surface area contributed by atoms with Crippen LogP contribution in [0.25, 0.3) is 33.5 Å². The summed E-state index contributed by atoms with van der Waals surface area (Å²) in [7, 11) is 0. The van der Waals surface area contributed by atoms with Crippen LogP contribution in [-0.2, 0) is 6.54 Å². The van der Waals surface area contributed by atoms with E-state index in [4.69, 9.17) is 9.97 Å². The third-order valence-corrected chi connectivity index (χ3v) is 5.42. The fourth-order valence-corrected chi connectivity index (χ4v) is 3.66. The van der Waals surface area contributed by atoms with E-state index in [1.807, 2.05) is 30.3 Å². The molecular formula is C27H21N3O3. The minimum absolute atomic E-state index is 0.175. The van der Waals surface area contributed by atoms with E-state index in [0.717, 1.165) is 27.9 Å². The van der Waals surface area contributed by atoms with E-state index in [-0.39, 0.29) is 17.2 Å². The quantitative estimate of drug-likeness (QED) is 0.283. The van der Waals surface area contributed by atoms with Gasteiger partial charge in [0.25, 0.3) is 0 Å². The fraction of sp³-hybridized carbons (Fsp3) is 0.0370. The molecule has 6 heteroatoms. The average Bonchev–Trinajstić information content (AvgIpc) is 2.84. The molecule has 0 atom stereocenters. The van der Waals surface area contributed by atoms with Crippen molar-refractivity contribution in [1.82, 2.24) is 9.97 Å². The lowest BCUT2D eigenvalue weighted by Crippen LogP contribution is -2.01. The first-order valence-corrected chi connectivity index (χ1v) is 10.5. The van der Waals surface area contributed by atoms with Crippen LogP contribution in [0.3, 0.4) is 0 Å². The summed E-state index contributed by atoms with van der Waals surface area (Å²) in [5.74, 6) is 0.604. The normalized spacial score (nSPS) is 10.9. The maximum absolute atomic E-state index is 10.0. The smallest absolute Gasteiger partial charge is 0.120 e. The van der Waals surface area contributed by atoms with Gasteiger partial charge in [-0.05, 0) is 72.8 Å². The van der Waals surface area contributed by atoms with E-state index in [1.54, 1.807) is 60.7 Å². The second-order valence-electron chi connectivity index (χ2n) is 7.70. The molecule has 0 aliphatic heterocycles. The molecule has 0 fully saturated rings. The van der Waals surface area contributed by atoms with Gasteiger partial charge < -0.3 is 20.6 Å². The number of aromatic hydroxyl groups is 3. The predicted molar refractivity (Wildman–Crippen MR) is 129 cm³/mol. The van der Waals surface area contributed by atoms with Crippen LogP contribution < -0.4 is 5.32 Å². The van der Waals surface area contributed by atoms with Crippen molar-refractivity contribution in [2.75, 3.05) is 5.32 Å². The number of para-hydroxylation sites is 1. The van der Waals surface area contributed by atoms with Crippen molar-refractivity contribution < 1.29 is 15.3 Å². The third kappa shape index (κ3) is 4.27. The molecule has 0 saturated heterocycles. The molecule has 0 saturated carbocycles. The number of phenolic OH excluding ortho intramolecular Hbond substituents is 3. The number of anilines is 1. The Labute approximate surface area is 190 Å². The second-order valence-corrected chi connectivity index (χ2v) is 7.70. The highest BCUT2D eigenvalue weighted by atomic mass is 16.3. The summed E-state index contributed by atoms with van der Waals surface area (Å²) in [6.07, 6.45) is 0. The van der Waals surface area contributed by atoms with Crippen LogP contribution in [0.2, 0.25) is 0 Å². The van der Waals surface area contributed by atoms with Crippen LogP contribution in [0.15, 0.2) is 91.0 Å². The summed E-state index contributed by atoms with van der Waals surface area (Å²) in [5, 5.41) is 32.7. The van der Waals surface area contributed by atoms with Crippen LogP contribution in [0.4, 0.5) is 5.69 Å². The number of phenols is 3. The van der Waals surface area contributed by atoms with Crippen molar-refractivity contribution in [3.05, 3.63) is 96.6 Å². The molecule has 0 unspecified atom stereocenters. The van der Waals surface area contributed by atoms with Crippen LogP contribution in [-0.4, -0.2) is 25.3 Å². The lowest BCUT2D eigenvalue weighted by Gasteiger charge is -2.13. The minimum Gasteiger partial charge on any atom is -0.508 e. The molecule has 1 heterocycles. The number of fused-ring (bicyclic) bond motifs is 1. The Bertz CT molecular complexity index is 1430. The molecule has 6 nitrogen and oxygen atoms in total. The zero-order chi connectivity index (χ0) is 22.8. The van der Waals surface area contributed by atoms with Gasteiger partial charge in [-0.1, -0.05) is 18.2 Å². The topological polar surface area (TPSA) is 98.5 Å². The first-order chi connectivity index (χ1) is 16.1. The zero-order valence-corrected chi connectivity index (χ0v) is 17.6. The highest BCUT2D eigenvalue weighted by Gasteiger charge is 2.14. The second kappa shape index (κ2) is 8.51. The van der Waals surface area contributed by atoms with Gasteiger partial charge >= 0.3 is 0 Å². The Morgan fingerprint density at radius 3 is 1.79 bits per heavy atom. The number of hydrogen-bond donors (Lipinski definition) is 4. The van der Waals surface area contributed by atoms with E-state index in [0.29, 0.717) is 23.4 Å². The standard InChI is InChI=1S/C27H21N3O3/c31-21-10-5-17(6-11-21)26-27(18-7-12-22(32)13-8-18)30-24-15-20(9-14-23(24)29-26)28-16-19-3-1-2-4-25(19)33/h1-15,28,31-33H,16H2. The van der Waals surface area contributed by atoms with Gasteiger partial charge in [0, 0.05) is 28.9 Å². The number of nitrogens with zero attached hydrogens (tertiary/aromatic N) is 2. The maximum atomic E-state index is 10.0. The zero-order valence-electron chi connectivity index (χ0n) is 17.6. The average molecular weight is 435 g/mol. The molecule has 0 aliphatic carbocycles. The van der Waals surface area contributed by atoms with Gasteiger partial charge in [-0.2, -0.15) is 0 Å². The Morgan fingerprint density at radius 2 is 1.18 bits per heavy atom. The molecule has 0 aliphatic rings. The Hall–Kier alpha value is -4.58. The maximum Gasteiger partial charge on any atom is 0.120 e. The van der Waals surface area contributed by atoms with E-state index in [2.05, 4.69) is 5.32 Å². The molecule has 162 valence electrons. The molecule has 33 heavy (non-hydrogen) atoms. The van der Waals surface area contributed by atoms with Crippen molar-refractivity contribution in [2.24, 2.45) is 0 Å². The molecule has 4 aromatic carbocycles. The van der Waals surface area contributed by atoms with Crippen molar-refractivity contribution in [2.45, 2.75) is 6.54 Å². The van der Waals surface area contributed by atoms with Gasteiger partial charge in [0.05, 0.1) is 22.4 Å². The Morgan fingerprint density at radius 1 is 0.606 bits per heavy atom. The van der Waals surface area contributed by atoms with Crippen LogP contribution in [0, 0.1) is 0 Å². The van der Waals surface area contributed by atoms with Crippen LogP contribution in [0.1, 0.15) is 5.56 Å². The lowest BCUT2D eigenvalue weighted by molar-refractivity contribution is 0.469. The fourth-order valence-electron chi connectivity index (χ4n) is 3.66. The molecule has 0 bridgehead atoms. The van der Waals surface area contributed by atoms with E-state index >= 15 is 0 Å². The summed E-state index contributed by atoms with van der Waals surface area (Å²) in [6.45, 7) is 0.474. The Balaban J connectivity index is 1.57. The molecular weight excluding hydrogens is 414 g/mol. The summed E-state index contributed by atoms with van der Waals surface area (Å²) < 4.78 is 0. The SMILES string of the molecule is Oc1ccc(-c2nc3ccc(NCc4ccccc4O)cc3nc2-c2ccc(O)cc2)cc1. The van der Waals surface area contributed by atoms with Gasteiger partial charge in [-0.25, -0.2) is 9.97 Å². The number of nitrogens with one attached hydrogen (secondary N) is 1. The van der Waals surface area contributed by atoms with Gasteiger partial charge in [0.1, 0.15) is 17.2 Å². The lowest BCUT2D eigenvalue weighted by atomic mass is 10.0. The van der Waals surface area contributed by atoms with E-state index in [9.17, 15) is 15.3 Å². The van der Waals surface area contributed by atoms with Crippen LogP contribution >= 0.6 is 0 Å². The monoisotopic (exact) mass is 435 g/mol. The summed E-state index contributed by atoms with van der Waals surface area (Å²) in [6, 6.07) is 26.6. The highest BCUT2D eigenvalue weighted by Crippen LogP contribution is 2.33. The summed E-state index contributed by atoms with van der Waals surface area (Å²) in [5.41, 5.74) is 6.10. The third-order valence-electron chi connectivity index (χ3n) is 5.42. The molecule has 5 aromatic rings. The van der Waals surface area contributed by atoms with E-state index < -0.39 is 0 Å². The molecule has 5 rings (SSSR count). The van der Waals surface area contributed by atoms with E-state index in [1.165, 1.54) is 0 Å². The first kappa shape index (κ1) is 20.3. The largest absolute Gasteiger partial charge is 0.508 e. The summed E-state index contributed by atoms with van der Waals surface area (Å²) >= 11 is 0. The number of rotatable bonds is 5. The Kier molecular flexibility index (Phi) is 5.24.